The van der Waals surface area contributed by atoms with E-state index in [1.807, 2.05) is 0 Å². The Labute approximate surface area is 127 Å². The third-order valence-electron chi connectivity index (χ3n) is 3.71. The van der Waals surface area contributed by atoms with E-state index in [0.29, 0.717) is 12.5 Å². The molecule has 1 aliphatic rings. The molecule has 0 atom stereocenters. The van der Waals surface area contributed by atoms with Crippen LogP contribution in [-0.2, 0) is 6.42 Å². The molecule has 0 bridgehead atoms. The molecule has 0 spiro atoms. The van der Waals surface area contributed by atoms with Gasteiger partial charge in [0, 0.05) is 31.1 Å². The van der Waals surface area contributed by atoms with Crippen molar-refractivity contribution < 1.29 is 0 Å². The number of nitriles is 1. The van der Waals surface area contributed by atoms with Gasteiger partial charge in [-0.05, 0) is 33.1 Å². The van der Waals surface area contributed by atoms with E-state index in [4.69, 9.17) is 10.2 Å². The van der Waals surface area contributed by atoms with Crippen molar-refractivity contribution in [2.24, 2.45) is 0 Å². The first-order valence-electron chi connectivity index (χ1n) is 7.96. The molecule has 1 aromatic heterocycles. The van der Waals surface area contributed by atoms with Crippen molar-refractivity contribution in [3.63, 3.8) is 0 Å². The summed E-state index contributed by atoms with van der Waals surface area (Å²) in [5.74, 6) is 2.85. The summed E-state index contributed by atoms with van der Waals surface area (Å²) in [6, 6.07) is 2.80. The summed E-state index contributed by atoms with van der Waals surface area (Å²) in [5, 5.41) is 12.2. The molecule has 0 aromatic carbocycles. The van der Waals surface area contributed by atoms with Gasteiger partial charge in [-0.15, -0.1) is 0 Å². The van der Waals surface area contributed by atoms with Gasteiger partial charge in [0.1, 0.15) is 17.5 Å². The molecule has 1 saturated carbocycles. The Morgan fingerprint density at radius 2 is 2.10 bits per heavy atom. The number of hydrogen-bond acceptors (Lipinski definition) is 5. The molecular weight excluding hydrogens is 262 g/mol. The average molecular weight is 287 g/mol. The minimum absolute atomic E-state index is 0.541. The van der Waals surface area contributed by atoms with Crippen LogP contribution in [0.25, 0.3) is 0 Å². The van der Waals surface area contributed by atoms with Crippen molar-refractivity contribution in [2.45, 2.75) is 58.9 Å². The molecular formula is C16H25N5. The van der Waals surface area contributed by atoms with Crippen LogP contribution in [0.3, 0.4) is 0 Å². The lowest BCUT2D eigenvalue weighted by atomic mass is 10.2. The number of rotatable bonds is 8. The van der Waals surface area contributed by atoms with E-state index in [1.165, 1.54) is 12.8 Å². The lowest BCUT2D eigenvalue weighted by Gasteiger charge is -2.25. The fraction of sp³-hybridized carbons (Fsp3) is 0.688. The molecule has 0 aliphatic heterocycles. The Morgan fingerprint density at radius 3 is 2.67 bits per heavy atom. The van der Waals surface area contributed by atoms with Crippen molar-refractivity contribution >= 4 is 11.6 Å². The van der Waals surface area contributed by atoms with Crippen molar-refractivity contribution in [1.29, 1.82) is 5.26 Å². The topological polar surface area (TPSA) is 64.8 Å². The molecule has 21 heavy (non-hydrogen) atoms. The Kier molecular flexibility index (Phi) is 5.38. The zero-order valence-corrected chi connectivity index (χ0v) is 13.3. The van der Waals surface area contributed by atoms with Crippen LogP contribution in [0.4, 0.5) is 11.6 Å². The molecule has 1 N–H and O–H groups in total. The van der Waals surface area contributed by atoms with E-state index in [0.717, 1.165) is 49.0 Å². The van der Waals surface area contributed by atoms with Gasteiger partial charge in [-0.3, -0.25) is 0 Å². The molecule has 114 valence electrons. The van der Waals surface area contributed by atoms with E-state index in [-0.39, 0.29) is 0 Å². The van der Waals surface area contributed by atoms with Gasteiger partial charge in [0.2, 0.25) is 0 Å². The zero-order valence-electron chi connectivity index (χ0n) is 13.3. The maximum absolute atomic E-state index is 8.89. The van der Waals surface area contributed by atoms with Gasteiger partial charge < -0.3 is 10.2 Å². The van der Waals surface area contributed by atoms with E-state index in [1.54, 1.807) is 0 Å². The smallest absolute Gasteiger partial charge is 0.137 e. The second kappa shape index (κ2) is 7.26. The standard InChI is InChI=1S/C16H25N5/c1-4-7-14-19-15(18-5-2)12(3)16(20-14)21(11-6-10-17)13-8-9-13/h13H,4-9,11H2,1-3H3,(H,18,19,20). The molecule has 1 aliphatic carbocycles. The van der Waals surface area contributed by atoms with Crippen molar-refractivity contribution in [1.82, 2.24) is 9.97 Å². The highest BCUT2D eigenvalue weighted by Crippen LogP contribution is 2.34. The SMILES string of the molecule is CCCc1nc(NCC)c(C)c(N(CCC#N)C2CC2)n1. The third-order valence-corrected chi connectivity index (χ3v) is 3.71. The van der Waals surface area contributed by atoms with Crippen LogP contribution in [0.5, 0.6) is 0 Å². The third kappa shape index (κ3) is 3.84. The van der Waals surface area contributed by atoms with Gasteiger partial charge in [0.15, 0.2) is 0 Å². The Hall–Kier alpha value is -1.83. The fourth-order valence-corrected chi connectivity index (χ4v) is 2.52. The highest BCUT2D eigenvalue weighted by Gasteiger charge is 2.31. The highest BCUT2D eigenvalue weighted by atomic mass is 15.2. The number of anilines is 2. The molecule has 1 heterocycles. The summed E-state index contributed by atoms with van der Waals surface area (Å²) in [4.78, 5) is 11.7. The Morgan fingerprint density at radius 1 is 1.33 bits per heavy atom. The van der Waals surface area contributed by atoms with E-state index in [9.17, 15) is 0 Å². The van der Waals surface area contributed by atoms with Crippen LogP contribution in [0.2, 0.25) is 0 Å². The molecule has 0 radical (unpaired) electrons. The van der Waals surface area contributed by atoms with E-state index in [2.05, 4.69) is 42.0 Å². The Balaban J connectivity index is 2.36. The quantitative estimate of drug-likeness (QED) is 0.796. The van der Waals surface area contributed by atoms with E-state index < -0.39 is 0 Å². The lowest BCUT2D eigenvalue weighted by molar-refractivity contribution is 0.752. The van der Waals surface area contributed by atoms with Crippen LogP contribution in [-0.4, -0.2) is 29.1 Å². The van der Waals surface area contributed by atoms with Gasteiger partial charge in [0.25, 0.3) is 0 Å². The monoisotopic (exact) mass is 287 g/mol. The largest absolute Gasteiger partial charge is 0.370 e. The molecule has 0 saturated heterocycles. The predicted octanol–water partition coefficient (Wildman–Crippen LogP) is 3.05. The molecule has 2 rings (SSSR count). The maximum atomic E-state index is 8.89. The number of hydrogen-bond donors (Lipinski definition) is 1. The highest BCUT2D eigenvalue weighted by molar-refractivity contribution is 5.59. The first-order chi connectivity index (χ1) is 10.2. The van der Waals surface area contributed by atoms with Crippen LogP contribution >= 0.6 is 0 Å². The first kappa shape index (κ1) is 15.6. The van der Waals surface area contributed by atoms with Crippen LogP contribution in [0.15, 0.2) is 0 Å². The second-order valence-corrected chi connectivity index (χ2v) is 5.55. The Bertz CT molecular complexity index is 516. The minimum atomic E-state index is 0.541. The van der Waals surface area contributed by atoms with Gasteiger partial charge in [-0.2, -0.15) is 5.26 Å². The number of aryl methyl sites for hydroxylation is 1. The lowest BCUT2D eigenvalue weighted by Crippen LogP contribution is -2.29. The summed E-state index contributed by atoms with van der Waals surface area (Å²) in [6.07, 6.45) is 4.88. The summed E-state index contributed by atoms with van der Waals surface area (Å²) in [6.45, 7) is 7.91. The molecule has 5 heteroatoms. The van der Waals surface area contributed by atoms with Crippen molar-refractivity contribution in [3.8, 4) is 6.07 Å². The van der Waals surface area contributed by atoms with Crippen LogP contribution in [0, 0.1) is 18.3 Å². The normalized spacial score (nSPS) is 13.8. The van der Waals surface area contributed by atoms with Crippen molar-refractivity contribution in [3.05, 3.63) is 11.4 Å². The second-order valence-electron chi connectivity index (χ2n) is 5.55. The first-order valence-corrected chi connectivity index (χ1v) is 7.96. The summed E-state index contributed by atoms with van der Waals surface area (Å²) >= 11 is 0. The van der Waals surface area contributed by atoms with Crippen molar-refractivity contribution in [2.75, 3.05) is 23.3 Å². The van der Waals surface area contributed by atoms with Crippen LogP contribution in [0.1, 0.15) is 50.9 Å². The number of nitrogens with one attached hydrogen (secondary N) is 1. The van der Waals surface area contributed by atoms with Gasteiger partial charge in [-0.1, -0.05) is 6.92 Å². The molecule has 1 aromatic rings. The van der Waals surface area contributed by atoms with Gasteiger partial charge in [-0.25, -0.2) is 9.97 Å². The number of aromatic nitrogens is 2. The summed E-state index contributed by atoms with van der Waals surface area (Å²) in [7, 11) is 0. The van der Waals surface area contributed by atoms with Gasteiger partial charge in [0.05, 0.1) is 12.5 Å². The summed E-state index contributed by atoms with van der Waals surface area (Å²) in [5.41, 5.74) is 1.10. The van der Waals surface area contributed by atoms with E-state index >= 15 is 0 Å². The predicted molar refractivity (Wildman–Crippen MR) is 85.5 cm³/mol. The minimum Gasteiger partial charge on any atom is -0.370 e. The van der Waals surface area contributed by atoms with Gasteiger partial charge >= 0.3 is 0 Å². The molecule has 0 amide bonds. The average Bonchev–Trinajstić information content (AvgIpc) is 3.29. The molecule has 0 unspecified atom stereocenters. The maximum Gasteiger partial charge on any atom is 0.137 e. The summed E-state index contributed by atoms with van der Waals surface area (Å²) < 4.78 is 0. The zero-order chi connectivity index (χ0) is 15.2. The number of nitrogens with zero attached hydrogens (tertiary/aromatic N) is 4. The van der Waals surface area contributed by atoms with Crippen LogP contribution < -0.4 is 10.2 Å². The fourth-order valence-electron chi connectivity index (χ4n) is 2.52. The molecule has 5 nitrogen and oxygen atoms in total. The molecule has 1 fully saturated rings.